The van der Waals surface area contributed by atoms with Crippen molar-refractivity contribution >= 4 is 11.6 Å². The number of rotatable bonds is 4. The van der Waals surface area contributed by atoms with Gasteiger partial charge in [0, 0.05) is 50.5 Å². The molecule has 5 rings (SSSR count). The third-order valence-corrected chi connectivity index (χ3v) is 6.80. The Kier molecular flexibility index (Phi) is 5.01. The third kappa shape index (κ3) is 3.71. The van der Waals surface area contributed by atoms with Crippen LogP contribution in [0.5, 0.6) is 0 Å². The van der Waals surface area contributed by atoms with Gasteiger partial charge in [-0.15, -0.1) is 0 Å². The zero-order valence-corrected chi connectivity index (χ0v) is 17.2. The number of fused-ring (bicyclic) bond motifs is 1. The molecule has 1 saturated carbocycles. The first-order valence-electron chi connectivity index (χ1n) is 10.9. The number of piperazine rings is 1. The number of benzene rings is 2. The van der Waals surface area contributed by atoms with Crippen LogP contribution in [0.2, 0.25) is 0 Å². The molecule has 1 atom stereocenters. The van der Waals surface area contributed by atoms with E-state index in [9.17, 15) is 15.0 Å². The first kappa shape index (κ1) is 19.5. The van der Waals surface area contributed by atoms with Gasteiger partial charge in [0.25, 0.3) is 5.91 Å². The average Bonchev–Trinajstić information content (AvgIpc) is 3.56. The van der Waals surface area contributed by atoms with Crippen LogP contribution in [0.3, 0.4) is 0 Å². The van der Waals surface area contributed by atoms with Crippen LogP contribution in [-0.2, 0) is 13.0 Å². The molecule has 1 saturated heterocycles. The topological polar surface area (TPSA) is 67.3 Å². The highest BCUT2D eigenvalue weighted by atomic mass is 16.4. The van der Waals surface area contributed by atoms with Gasteiger partial charge >= 0.3 is 0 Å². The smallest absolute Gasteiger partial charge is 0.253 e. The minimum atomic E-state index is -0.934. The highest BCUT2D eigenvalue weighted by molar-refractivity contribution is 5.94. The second-order valence-electron chi connectivity index (χ2n) is 8.79. The summed E-state index contributed by atoms with van der Waals surface area (Å²) < 4.78 is 0. The van der Waals surface area contributed by atoms with Crippen molar-refractivity contribution in [2.45, 2.75) is 37.6 Å². The number of carbonyl (C=O) groups is 1. The molecule has 2 heterocycles. The molecular formula is C24H29N3O3. The summed E-state index contributed by atoms with van der Waals surface area (Å²) in [5.74, 6) is 0.0322. The van der Waals surface area contributed by atoms with Gasteiger partial charge in [0.15, 0.2) is 0 Å². The molecular weight excluding hydrogens is 378 g/mol. The van der Waals surface area contributed by atoms with Crippen molar-refractivity contribution in [2.24, 2.45) is 0 Å². The number of hydrogen-bond acceptors (Lipinski definition) is 5. The predicted octanol–water partition coefficient (Wildman–Crippen LogP) is 1.85. The first-order chi connectivity index (χ1) is 14.5. The van der Waals surface area contributed by atoms with Crippen LogP contribution in [0.4, 0.5) is 5.69 Å². The van der Waals surface area contributed by atoms with E-state index in [-0.39, 0.29) is 5.91 Å². The Morgan fingerprint density at radius 1 is 0.900 bits per heavy atom. The van der Waals surface area contributed by atoms with Crippen LogP contribution in [0.25, 0.3) is 0 Å². The van der Waals surface area contributed by atoms with E-state index in [2.05, 4.69) is 29.2 Å². The fourth-order valence-electron chi connectivity index (χ4n) is 4.61. The Hall–Kier alpha value is -2.41. The van der Waals surface area contributed by atoms with Gasteiger partial charge in [0.1, 0.15) is 11.8 Å². The van der Waals surface area contributed by atoms with Gasteiger partial charge in [-0.05, 0) is 54.7 Å². The average molecular weight is 408 g/mol. The van der Waals surface area contributed by atoms with Crippen molar-refractivity contribution in [1.29, 1.82) is 0 Å². The molecule has 0 bridgehead atoms. The highest BCUT2D eigenvalue weighted by Crippen LogP contribution is 2.39. The van der Waals surface area contributed by atoms with E-state index in [1.807, 2.05) is 34.1 Å². The maximum atomic E-state index is 12.9. The predicted molar refractivity (Wildman–Crippen MR) is 115 cm³/mol. The summed E-state index contributed by atoms with van der Waals surface area (Å²) in [5, 5.41) is 20.4. The largest absolute Gasteiger partial charge is 0.386 e. The van der Waals surface area contributed by atoms with Crippen molar-refractivity contribution < 1.29 is 15.0 Å². The summed E-state index contributed by atoms with van der Waals surface area (Å²) in [6.45, 7) is 4.19. The maximum Gasteiger partial charge on any atom is 0.253 e. The minimum Gasteiger partial charge on any atom is -0.386 e. The Balaban J connectivity index is 1.19. The maximum absolute atomic E-state index is 12.9. The molecule has 2 aromatic rings. The summed E-state index contributed by atoms with van der Waals surface area (Å²) in [6.07, 6.45) is 1.54. The lowest BCUT2D eigenvalue weighted by Crippen LogP contribution is -2.55. The molecule has 3 aliphatic rings. The molecule has 2 aliphatic heterocycles. The van der Waals surface area contributed by atoms with Gasteiger partial charge in [-0.25, -0.2) is 0 Å². The first-order valence-corrected chi connectivity index (χ1v) is 10.9. The standard InChI is InChI=1S/C24H29N3O3/c28-22(25-13-15-26(16-14-25)23(29)24(30)10-11-24)19-5-7-21(8-6-19)27-12-9-18-3-1-2-4-20(18)17-27/h1-8,23,29-30H,9-17H2. The molecule has 2 fully saturated rings. The number of aliphatic hydroxyl groups excluding tert-OH is 1. The third-order valence-electron chi connectivity index (χ3n) is 6.80. The Labute approximate surface area is 177 Å². The van der Waals surface area contributed by atoms with Crippen LogP contribution in [0.1, 0.15) is 34.3 Å². The molecule has 2 aromatic carbocycles. The van der Waals surface area contributed by atoms with E-state index >= 15 is 0 Å². The lowest BCUT2D eigenvalue weighted by molar-refractivity contribution is -0.108. The monoisotopic (exact) mass is 407 g/mol. The molecule has 158 valence electrons. The van der Waals surface area contributed by atoms with Gasteiger partial charge in [0.2, 0.25) is 0 Å². The van der Waals surface area contributed by atoms with Crippen LogP contribution >= 0.6 is 0 Å². The lowest BCUT2D eigenvalue weighted by atomic mass is 9.99. The minimum absolute atomic E-state index is 0.0322. The van der Waals surface area contributed by atoms with Gasteiger partial charge < -0.3 is 20.0 Å². The zero-order valence-electron chi connectivity index (χ0n) is 17.2. The number of nitrogens with zero attached hydrogens (tertiary/aromatic N) is 3. The summed E-state index contributed by atoms with van der Waals surface area (Å²) in [5.41, 5.74) is 3.72. The summed E-state index contributed by atoms with van der Waals surface area (Å²) in [4.78, 5) is 19.0. The number of anilines is 1. The van der Waals surface area contributed by atoms with E-state index in [0.717, 1.165) is 25.2 Å². The molecule has 0 aromatic heterocycles. The van der Waals surface area contributed by atoms with E-state index in [1.54, 1.807) is 0 Å². The Morgan fingerprint density at radius 3 is 2.23 bits per heavy atom. The van der Waals surface area contributed by atoms with E-state index in [1.165, 1.54) is 11.1 Å². The number of aliphatic hydroxyl groups is 2. The molecule has 30 heavy (non-hydrogen) atoms. The molecule has 1 amide bonds. The summed E-state index contributed by atoms with van der Waals surface area (Å²) in [7, 11) is 0. The second kappa shape index (κ2) is 7.69. The van der Waals surface area contributed by atoms with Crippen LogP contribution < -0.4 is 4.90 Å². The quantitative estimate of drug-likeness (QED) is 0.810. The number of amides is 1. The number of hydrogen-bond donors (Lipinski definition) is 2. The normalized spacial score (nSPS) is 21.8. The molecule has 1 aliphatic carbocycles. The number of carbonyl (C=O) groups excluding carboxylic acids is 1. The SMILES string of the molecule is O=C(c1ccc(N2CCc3ccccc3C2)cc1)N1CCN(C(O)C2(O)CC2)CC1. The van der Waals surface area contributed by atoms with Gasteiger partial charge in [-0.3, -0.25) is 9.69 Å². The van der Waals surface area contributed by atoms with Crippen LogP contribution in [-0.4, -0.2) is 70.5 Å². The molecule has 6 nitrogen and oxygen atoms in total. The van der Waals surface area contributed by atoms with Crippen LogP contribution in [0.15, 0.2) is 48.5 Å². The Bertz CT molecular complexity index is 918. The van der Waals surface area contributed by atoms with Crippen LogP contribution in [0, 0.1) is 0 Å². The van der Waals surface area contributed by atoms with E-state index in [4.69, 9.17) is 0 Å². The fraction of sp³-hybridized carbons (Fsp3) is 0.458. The summed E-state index contributed by atoms with van der Waals surface area (Å²) >= 11 is 0. The van der Waals surface area contributed by atoms with Gasteiger partial charge in [-0.2, -0.15) is 0 Å². The van der Waals surface area contributed by atoms with Crippen molar-refractivity contribution in [1.82, 2.24) is 9.80 Å². The molecule has 1 unspecified atom stereocenters. The summed E-state index contributed by atoms with van der Waals surface area (Å²) in [6, 6.07) is 16.5. The molecule has 0 radical (unpaired) electrons. The molecule has 6 heteroatoms. The lowest BCUT2D eigenvalue weighted by Gasteiger charge is -2.38. The van der Waals surface area contributed by atoms with Gasteiger partial charge in [-0.1, -0.05) is 24.3 Å². The molecule has 2 N–H and O–H groups in total. The highest BCUT2D eigenvalue weighted by Gasteiger charge is 2.50. The van der Waals surface area contributed by atoms with Gasteiger partial charge in [0.05, 0.1) is 0 Å². The van der Waals surface area contributed by atoms with Crippen molar-refractivity contribution in [3.8, 4) is 0 Å². The van der Waals surface area contributed by atoms with E-state index < -0.39 is 11.8 Å². The van der Waals surface area contributed by atoms with Crippen molar-refractivity contribution in [3.05, 3.63) is 65.2 Å². The second-order valence-corrected chi connectivity index (χ2v) is 8.79. The van der Waals surface area contributed by atoms with Crippen molar-refractivity contribution in [3.63, 3.8) is 0 Å². The molecule has 0 spiro atoms. The zero-order chi connectivity index (χ0) is 20.7. The fourth-order valence-corrected chi connectivity index (χ4v) is 4.61. The Morgan fingerprint density at radius 2 is 1.57 bits per heavy atom. The van der Waals surface area contributed by atoms with Crippen molar-refractivity contribution in [2.75, 3.05) is 37.6 Å². The van der Waals surface area contributed by atoms with E-state index in [0.29, 0.717) is 44.6 Å².